The van der Waals surface area contributed by atoms with Gasteiger partial charge in [-0.15, -0.1) is 0 Å². The highest BCUT2D eigenvalue weighted by Crippen LogP contribution is 2.57. The van der Waals surface area contributed by atoms with E-state index in [2.05, 4.69) is 120 Å². The summed E-state index contributed by atoms with van der Waals surface area (Å²) in [5.74, 6) is 0. The van der Waals surface area contributed by atoms with Gasteiger partial charge in [0.15, 0.2) is 0 Å². The van der Waals surface area contributed by atoms with Gasteiger partial charge in [-0.3, -0.25) is 0 Å². The fourth-order valence-corrected chi connectivity index (χ4v) is 6.35. The molecule has 40 heavy (non-hydrogen) atoms. The normalized spacial score (nSPS) is 12.9. The van der Waals surface area contributed by atoms with Crippen molar-refractivity contribution in [3.8, 4) is 11.1 Å². The number of rotatable bonds is 5. The van der Waals surface area contributed by atoms with E-state index in [0.717, 1.165) is 17.1 Å². The molecule has 192 valence electrons. The lowest BCUT2D eigenvalue weighted by Gasteiger charge is -2.35. The maximum absolute atomic E-state index is 6.27. The van der Waals surface area contributed by atoms with Gasteiger partial charge in [-0.2, -0.15) is 0 Å². The van der Waals surface area contributed by atoms with E-state index >= 15 is 0 Å². The first-order valence-electron chi connectivity index (χ1n) is 13.5. The van der Waals surface area contributed by atoms with Crippen molar-refractivity contribution in [1.29, 1.82) is 0 Å². The summed E-state index contributed by atoms with van der Waals surface area (Å²) in [7, 11) is 0. The molecule has 1 aliphatic carbocycles. The molecule has 0 saturated heterocycles. The Balaban J connectivity index is 1.55. The molecule has 0 unspecified atom stereocenters. The molecule has 0 saturated carbocycles. The Bertz CT molecular complexity index is 1740. The minimum atomic E-state index is -0.471. The molecule has 3 nitrogen and oxygen atoms in total. The lowest BCUT2D eigenvalue weighted by atomic mass is 9.67. The van der Waals surface area contributed by atoms with Gasteiger partial charge in [-0.1, -0.05) is 103 Å². The Morgan fingerprint density at radius 2 is 0.900 bits per heavy atom. The van der Waals surface area contributed by atoms with Crippen molar-refractivity contribution in [2.24, 2.45) is 0 Å². The monoisotopic (exact) mass is 515 g/mol. The predicted molar refractivity (Wildman–Crippen MR) is 167 cm³/mol. The minimum Gasteiger partial charge on any atom is -0.399 e. The SMILES string of the molecule is Nc1cccc(N(c2cccc(N)c2)c2ccc3c(c2)C(c2ccccc2)(c2ccccc2)c2ccccc2-3)c1. The van der Waals surface area contributed by atoms with Crippen LogP contribution in [0.25, 0.3) is 11.1 Å². The van der Waals surface area contributed by atoms with Crippen LogP contribution in [0.5, 0.6) is 0 Å². The summed E-state index contributed by atoms with van der Waals surface area (Å²) in [4.78, 5) is 2.23. The van der Waals surface area contributed by atoms with E-state index in [4.69, 9.17) is 11.5 Å². The molecular weight excluding hydrogens is 486 g/mol. The molecule has 0 bridgehead atoms. The van der Waals surface area contributed by atoms with E-state index in [1.165, 1.54) is 33.4 Å². The van der Waals surface area contributed by atoms with Gasteiger partial charge in [0, 0.05) is 28.4 Å². The zero-order valence-corrected chi connectivity index (χ0v) is 22.0. The zero-order valence-electron chi connectivity index (χ0n) is 22.0. The summed E-state index contributed by atoms with van der Waals surface area (Å²) in [6, 6.07) is 53.3. The molecule has 4 N–H and O–H groups in total. The smallest absolute Gasteiger partial charge is 0.0714 e. The number of nitrogens with zero attached hydrogens (tertiary/aromatic N) is 1. The second-order valence-corrected chi connectivity index (χ2v) is 10.3. The molecule has 0 heterocycles. The summed E-state index contributed by atoms with van der Waals surface area (Å²) in [6.45, 7) is 0. The third kappa shape index (κ3) is 3.67. The van der Waals surface area contributed by atoms with Crippen molar-refractivity contribution in [2.45, 2.75) is 5.41 Å². The van der Waals surface area contributed by atoms with Gasteiger partial charge in [0.25, 0.3) is 0 Å². The van der Waals surface area contributed by atoms with Crippen LogP contribution in [0.15, 0.2) is 152 Å². The first-order valence-corrected chi connectivity index (χ1v) is 13.5. The van der Waals surface area contributed by atoms with E-state index in [1.807, 2.05) is 36.4 Å². The van der Waals surface area contributed by atoms with Gasteiger partial charge in [0.2, 0.25) is 0 Å². The number of anilines is 5. The van der Waals surface area contributed by atoms with Gasteiger partial charge in [-0.25, -0.2) is 0 Å². The van der Waals surface area contributed by atoms with E-state index in [9.17, 15) is 0 Å². The molecule has 0 aliphatic heterocycles. The fourth-order valence-electron chi connectivity index (χ4n) is 6.35. The largest absolute Gasteiger partial charge is 0.399 e. The summed E-state index contributed by atoms with van der Waals surface area (Å²) in [5, 5.41) is 0. The number of hydrogen-bond donors (Lipinski definition) is 2. The standard InChI is InChI=1S/C37H29N3/c38-28-15-9-17-30(23-28)40(31-18-10-16-29(39)24-31)32-21-22-34-33-19-7-8-20-35(33)37(36(34)25-32,26-11-3-1-4-12-26)27-13-5-2-6-14-27/h1-25H,38-39H2. The van der Waals surface area contributed by atoms with E-state index in [-0.39, 0.29) is 0 Å². The number of fused-ring (bicyclic) bond motifs is 3. The molecule has 0 spiro atoms. The molecule has 6 aromatic rings. The van der Waals surface area contributed by atoms with Crippen LogP contribution in [-0.4, -0.2) is 0 Å². The van der Waals surface area contributed by atoms with Crippen LogP contribution in [0.3, 0.4) is 0 Å². The second-order valence-electron chi connectivity index (χ2n) is 10.3. The third-order valence-corrected chi connectivity index (χ3v) is 7.96. The molecule has 1 aliphatic rings. The Labute approximate surface area is 235 Å². The first kappa shape index (κ1) is 23.8. The first-order chi connectivity index (χ1) is 19.7. The zero-order chi connectivity index (χ0) is 27.1. The van der Waals surface area contributed by atoms with Gasteiger partial charge in [-0.05, 0) is 81.9 Å². The molecule has 6 aromatic carbocycles. The Hall–Kier alpha value is -5.28. The quantitative estimate of drug-likeness (QED) is 0.225. The lowest BCUT2D eigenvalue weighted by molar-refractivity contribution is 0.768. The van der Waals surface area contributed by atoms with Gasteiger partial charge >= 0.3 is 0 Å². The highest BCUT2D eigenvalue weighted by Gasteiger charge is 2.46. The maximum atomic E-state index is 6.27. The molecule has 0 amide bonds. The summed E-state index contributed by atoms with van der Waals surface area (Å²) < 4.78 is 0. The van der Waals surface area contributed by atoms with Gasteiger partial charge < -0.3 is 16.4 Å². The summed E-state index contributed by atoms with van der Waals surface area (Å²) >= 11 is 0. The van der Waals surface area contributed by atoms with Crippen molar-refractivity contribution in [2.75, 3.05) is 16.4 Å². The van der Waals surface area contributed by atoms with Gasteiger partial charge in [0.1, 0.15) is 0 Å². The molecule has 7 rings (SSSR count). The van der Waals surface area contributed by atoms with Crippen LogP contribution in [0.4, 0.5) is 28.4 Å². The van der Waals surface area contributed by atoms with Crippen molar-refractivity contribution in [1.82, 2.24) is 0 Å². The number of benzene rings is 6. The van der Waals surface area contributed by atoms with Crippen LogP contribution in [0, 0.1) is 0 Å². The maximum Gasteiger partial charge on any atom is 0.0714 e. The summed E-state index contributed by atoms with van der Waals surface area (Å²) in [6.07, 6.45) is 0. The number of hydrogen-bond acceptors (Lipinski definition) is 3. The average Bonchev–Trinajstić information content (AvgIpc) is 3.29. The molecular formula is C37H29N3. The van der Waals surface area contributed by atoms with E-state index < -0.39 is 5.41 Å². The highest BCUT2D eigenvalue weighted by molar-refractivity contribution is 5.89. The highest BCUT2D eigenvalue weighted by atomic mass is 15.1. The van der Waals surface area contributed by atoms with Crippen molar-refractivity contribution in [3.63, 3.8) is 0 Å². The van der Waals surface area contributed by atoms with Crippen molar-refractivity contribution < 1.29 is 0 Å². The van der Waals surface area contributed by atoms with Gasteiger partial charge in [0.05, 0.1) is 5.41 Å². The lowest BCUT2D eigenvalue weighted by Crippen LogP contribution is -2.28. The Morgan fingerprint density at radius 1 is 0.400 bits per heavy atom. The molecule has 0 fully saturated rings. The van der Waals surface area contributed by atoms with Crippen LogP contribution in [0.1, 0.15) is 22.3 Å². The molecule has 3 heteroatoms. The topological polar surface area (TPSA) is 55.3 Å². The number of nitrogens with two attached hydrogens (primary N) is 2. The van der Waals surface area contributed by atoms with Crippen LogP contribution in [-0.2, 0) is 5.41 Å². The van der Waals surface area contributed by atoms with E-state index in [1.54, 1.807) is 0 Å². The minimum absolute atomic E-state index is 0.471. The molecule has 0 radical (unpaired) electrons. The predicted octanol–water partition coefficient (Wildman–Crippen LogP) is 8.68. The van der Waals surface area contributed by atoms with Crippen LogP contribution in [0.2, 0.25) is 0 Å². The number of nitrogen functional groups attached to an aromatic ring is 2. The average molecular weight is 516 g/mol. The fraction of sp³-hybridized carbons (Fsp3) is 0.0270. The molecule has 0 aromatic heterocycles. The Kier molecular flexibility index (Phi) is 5.64. The summed E-state index contributed by atoms with van der Waals surface area (Å²) in [5.41, 5.74) is 24.0. The van der Waals surface area contributed by atoms with E-state index in [0.29, 0.717) is 11.4 Å². The second kappa shape index (κ2) is 9.48. The van der Waals surface area contributed by atoms with Crippen LogP contribution >= 0.6 is 0 Å². The Morgan fingerprint density at radius 3 is 1.48 bits per heavy atom. The van der Waals surface area contributed by atoms with Crippen molar-refractivity contribution in [3.05, 3.63) is 174 Å². The third-order valence-electron chi connectivity index (χ3n) is 7.96. The van der Waals surface area contributed by atoms with Crippen molar-refractivity contribution >= 4 is 28.4 Å². The molecule has 0 atom stereocenters. The van der Waals surface area contributed by atoms with Crippen LogP contribution < -0.4 is 16.4 Å².